The Balaban J connectivity index is 1.73. The van der Waals surface area contributed by atoms with E-state index in [1.165, 1.54) is 0 Å². The van der Waals surface area contributed by atoms with E-state index in [4.69, 9.17) is 9.84 Å². The molecular weight excluding hydrogens is 338 g/mol. The van der Waals surface area contributed by atoms with Crippen LogP contribution in [0.2, 0.25) is 0 Å². The molecule has 3 rings (SSSR count). The monoisotopic (exact) mass is 361 g/mol. The summed E-state index contributed by atoms with van der Waals surface area (Å²) in [5.74, 6) is -0.958. The minimum Gasteiger partial charge on any atom is -0.481 e. The predicted octanol–water partition coefficient (Wildman–Crippen LogP) is -1.30. The maximum Gasteiger partial charge on any atom is 0.320 e. The van der Waals surface area contributed by atoms with Crippen LogP contribution in [0.1, 0.15) is 6.42 Å². The van der Waals surface area contributed by atoms with Crippen LogP contribution in [-0.2, 0) is 19.4 Å². The van der Waals surface area contributed by atoms with Crippen molar-refractivity contribution in [3.8, 4) is 0 Å². The molecule has 10 heteroatoms. The van der Waals surface area contributed by atoms with Crippen molar-refractivity contribution < 1.29 is 27.9 Å². The average Bonchev–Trinajstić information content (AvgIpc) is 2.87. The summed E-state index contributed by atoms with van der Waals surface area (Å²) in [6.45, 7) is 3.26. The van der Waals surface area contributed by atoms with Crippen LogP contribution in [0.4, 0.5) is 4.79 Å². The third-order valence-corrected chi connectivity index (χ3v) is 6.63. The number of sulfone groups is 1. The van der Waals surface area contributed by atoms with E-state index in [0.29, 0.717) is 45.9 Å². The highest BCUT2D eigenvalue weighted by Crippen LogP contribution is 2.28. The van der Waals surface area contributed by atoms with Crippen molar-refractivity contribution in [2.45, 2.75) is 18.5 Å². The standard InChI is InChI=1S/C14H23N3O6S/c18-13(19)1-2-15-3-4-17(12-10-24(21,22)9-11(12)15)14(20)16-5-7-23-8-6-16/h11-12H,1-10H2,(H,18,19)/t11-,12+/m0/s1. The maximum atomic E-state index is 12.8. The topological polar surface area (TPSA) is 107 Å². The number of piperazine rings is 1. The van der Waals surface area contributed by atoms with Crippen LogP contribution < -0.4 is 0 Å². The zero-order valence-corrected chi connectivity index (χ0v) is 14.3. The van der Waals surface area contributed by atoms with E-state index in [0.717, 1.165) is 0 Å². The number of carboxylic acid groups (broad SMARTS) is 1. The molecule has 0 aromatic carbocycles. The summed E-state index contributed by atoms with van der Waals surface area (Å²) >= 11 is 0. The maximum absolute atomic E-state index is 12.8. The van der Waals surface area contributed by atoms with Gasteiger partial charge in [0.2, 0.25) is 0 Å². The SMILES string of the molecule is O=C(O)CCN1CCN(C(=O)N2CCOCC2)[C@@H]2CS(=O)(=O)C[C@@H]21. The van der Waals surface area contributed by atoms with Crippen molar-refractivity contribution in [2.24, 2.45) is 0 Å². The van der Waals surface area contributed by atoms with Crippen LogP contribution >= 0.6 is 0 Å². The van der Waals surface area contributed by atoms with Gasteiger partial charge in [-0.1, -0.05) is 0 Å². The minimum absolute atomic E-state index is 0.00975. The van der Waals surface area contributed by atoms with E-state index >= 15 is 0 Å². The highest BCUT2D eigenvalue weighted by molar-refractivity contribution is 7.91. The van der Waals surface area contributed by atoms with E-state index < -0.39 is 21.8 Å². The average molecular weight is 361 g/mol. The Bertz CT molecular complexity index is 604. The molecule has 0 aromatic rings. The zero-order valence-electron chi connectivity index (χ0n) is 13.5. The summed E-state index contributed by atoms with van der Waals surface area (Å²) in [5, 5.41) is 8.87. The normalized spacial score (nSPS) is 30.2. The van der Waals surface area contributed by atoms with E-state index in [2.05, 4.69) is 0 Å². The van der Waals surface area contributed by atoms with E-state index in [-0.39, 0.29) is 30.0 Å². The van der Waals surface area contributed by atoms with Gasteiger partial charge in [0.15, 0.2) is 9.84 Å². The Morgan fingerprint density at radius 1 is 1.04 bits per heavy atom. The van der Waals surface area contributed by atoms with Crippen LogP contribution in [0.3, 0.4) is 0 Å². The van der Waals surface area contributed by atoms with Crippen molar-refractivity contribution in [1.29, 1.82) is 0 Å². The predicted molar refractivity (Wildman–Crippen MR) is 84.5 cm³/mol. The van der Waals surface area contributed by atoms with Crippen molar-refractivity contribution in [3.05, 3.63) is 0 Å². The molecule has 0 unspecified atom stereocenters. The molecule has 0 radical (unpaired) electrons. The first-order valence-corrected chi connectivity index (χ1v) is 9.99. The fraction of sp³-hybridized carbons (Fsp3) is 0.857. The number of carboxylic acids is 1. The Labute approximate surface area is 141 Å². The molecular formula is C14H23N3O6S. The van der Waals surface area contributed by atoms with Crippen LogP contribution in [0, 0.1) is 0 Å². The van der Waals surface area contributed by atoms with Gasteiger partial charge in [-0.3, -0.25) is 9.69 Å². The molecule has 3 aliphatic rings. The molecule has 3 saturated heterocycles. The van der Waals surface area contributed by atoms with Gasteiger partial charge in [0.25, 0.3) is 0 Å². The van der Waals surface area contributed by atoms with Gasteiger partial charge >= 0.3 is 12.0 Å². The molecule has 136 valence electrons. The van der Waals surface area contributed by atoms with Crippen LogP contribution in [0.15, 0.2) is 0 Å². The van der Waals surface area contributed by atoms with E-state index in [1.807, 2.05) is 4.90 Å². The van der Waals surface area contributed by atoms with Crippen molar-refractivity contribution in [3.63, 3.8) is 0 Å². The second kappa shape index (κ2) is 6.85. The van der Waals surface area contributed by atoms with Gasteiger partial charge in [-0.05, 0) is 0 Å². The Morgan fingerprint density at radius 2 is 1.71 bits per heavy atom. The Morgan fingerprint density at radius 3 is 2.38 bits per heavy atom. The van der Waals surface area contributed by atoms with E-state index in [9.17, 15) is 18.0 Å². The molecule has 0 spiro atoms. The van der Waals surface area contributed by atoms with Gasteiger partial charge in [-0.2, -0.15) is 0 Å². The summed E-state index contributed by atoms with van der Waals surface area (Å²) in [7, 11) is -3.22. The van der Waals surface area contributed by atoms with Crippen molar-refractivity contribution in [1.82, 2.24) is 14.7 Å². The summed E-state index contributed by atoms with van der Waals surface area (Å²) in [6.07, 6.45) is -0.0271. The molecule has 3 aliphatic heterocycles. The molecule has 0 aliphatic carbocycles. The van der Waals surface area contributed by atoms with Gasteiger partial charge in [-0.15, -0.1) is 0 Å². The van der Waals surface area contributed by atoms with Crippen molar-refractivity contribution in [2.75, 3.05) is 57.4 Å². The second-order valence-electron chi connectivity index (χ2n) is 6.47. The summed E-state index contributed by atoms with van der Waals surface area (Å²) in [5.41, 5.74) is 0. The molecule has 24 heavy (non-hydrogen) atoms. The fourth-order valence-corrected chi connectivity index (χ4v) is 5.73. The number of ether oxygens (including phenoxy) is 1. The quantitative estimate of drug-likeness (QED) is 0.665. The van der Waals surface area contributed by atoms with Gasteiger partial charge in [0.1, 0.15) is 0 Å². The summed E-state index contributed by atoms with van der Waals surface area (Å²) in [6, 6.07) is -0.843. The first kappa shape index (κ1) is 17.4. The minimum atomic E-state index is -3.22. The number of carbonyl (C=O) groups is 2. The van der Waals surface area contributed by atoms with Crippen LogP contribution in [0.25, 0.3) is 0 Å². The largest absolute Gasteiger partial charge is 0.481 e. The van der Waals surface area contributed by atoms with Gasteiger partial charge < -0.3 is 19.6 Å². The number of amides is 2. The van der Waals surface area contributed by atoms with Crippen LogP contribution in [0.5, 0.6) is 0 Å². The number of rotatable bonds is 3. The number of fused-ring (bicyclic) bond motifs is 1. The lowest BCUT2D eigenvalue weighted by molar-refractivity contribution is -0.137. The number of urea groups is 1. The molecule has 3 heterocycles. The molecule has 2 amide bonds. The first-order chi connectivity index (χ1) is 11.4. The zero-order chi connectivity index (χ0) is 17.3. The van der Waals surface area contributed by atoms with Gasteiger partial charge in [0, 0.05) is 38.8 Å². The van der Waals surface area contributed by atoms with Gasteiger partial charge in [-0.25, -0.2) is 13.2 Å². The smallest absolute Gasteiger partial charge is 0.320 e. The third-order valence-electron chi connectivity index (χ3n) is 4.93. The molecule has 0 bridgehead atoms. The number of hydrogen-bond donors (Lipinski definition) is 1. The second-order valence-corrected chi connectivity index (χ2v) is 8.62. The first-order valence-electron chi connectivity index (χ1n) is 8.17. The number of nitrogens with zero attached hydrogens (tertiary/aromatic N) is 3. The molecule has 0 saturated carbocycles. The molecule has 2 atom stereocenters. The van der Waals surface area contributed by atoms with Crippen LogP contribution in [-0.4, -0.2) is 110 Å². The van der Waals surface area contributed by atoms with Crippen molar-refractivity contribution >= 4 is 21.8 Å². The number of aliphatic carboxylic acids is 1. The van der Waals surface area contributed by atoms with E-state index in [1.54, 1.807) is 9.80 Å². The molecule has 9 nitrogen and oxygen atoms in total. The lowest BCUT2D eigenvalue weighted by atomic mass is 10.0. The number of morpholine rings is 1. The lowest BCUT2D eigenvalue weighted by Crippen LogP contribution is -2.63. The third kappa shape index (κ3) is 3.65. The number of carbonyl (C=O) groups excluding carboxylic acids is 1. The highest BCUT2D eigenvalue weighted by atomic mass is 32.2. The summed E-state index contributed by atoms with van der Waals surface area (Å²) < 4.78 is 29.5. The summed E-state index contributed by atoms with van der Waals surface area (Å²) in [4.78, 5) is 28.9. The molecule has 1 N–H and O–H groups in total. The number of hydrogen-bond acceptors (Lipinski definition) is 6. The molecule has 0 aromatic heterocycles. The van der Waals surface area contributed by atoms with Gasteiger partial charge in [0.05, 0.1) is 37.2 Å². The fourth-order valence-electron chi connectivity index (χ4n) is 3.72. The Kier molecular flexibility index (Phi) is 4.97. The Hall–Kier alpha value is -1.39. The molecule has 3 fully saturated rings. The highest BCUT2D eigenvalue weighted by Gasteiger charge is 2.48. The lowest BCUT2D eigenvalue weighted by Gasteiger charge is -2.45.